The van der Waals surface area contributed by atoms with Crippen molar-refractivity contribution in [2.24, 2.45) is 10.4 Å². The molecular formula is C15H29N3OS. The zero-order chi connectivity index (χ0) is 14.4. The highest BCUT2D eigenvalue weighted by molar-refractivity contribution is 8.13. The van der Waals surface area contributed by atoms with E-state index in [0.717, 1.165) is 44.5 Å². The molecule has 2 aliphatic heterocycles. The van der Waals surface area contributed by atoms with E-state index in [9.17, 15) is 0 Å². The molecule has 1 atom stereocenters. The van der Waals surface area contributed by atoms with Crippen LogP contribution < -0.4 is 5.32 Å². The highest BCUT2D eigenvalue weighted by Crippen LogP contribution is 2.34. The third-order valence-electron chi connectivity index (χ3n) is 4.72. The summed E-state index contributed by atoms with van der Waals surface area (Å²) >= 11 is 1.88. The van der Waals surface area contributed by atoms with Gasteiger partial charge in [-0.05, 0) is 24.8 Å². The van der Waals surface area contributed by atoms with Crippen molar-refractivity contribution in [2.75, 3.05) is 45.1 Å². The summed E-state index contributed by atoms with van der Waals surface area (Å²) in [4.78, 5) is 7.20. The smallest absolute Gasteiger partial charge is 0.156 e. The van der Waals surface area contributed by atoms with Crippen LogP contribution in [0, 0.1) is 5.41 Å². The molecule has 0 amide bonds. The zero-order valence-electron chi connectivity index (χ0n) is 13.2. The fourth-order valence-electron chi connectivity index (χ4n) is 2.73. The Morgan fingerprint density at radius 3 is 2.80 bits per heavy atom. The molecule has 0 aromatic heterocycles. The average Bonchev–Trinajstić information content (AvgIpc) is 2.53. The minimum absolute atomic E-state index is 0.302. The predicted octanol–water partition coefficient (Wildman–Crippen LogP) is 2.21. The second-order valence-corrected chi connectivity index (χ2v) is 6.85. The standard InChI is InChI=1S/C15H29N3OS/c1-4-15(5-2)11-17-14(20-12-15)16-9-13-10-18(6-3)7-8-19-13/h13H,4-12H2,1-3H3,(H,16,17). The summed E-state index contributed by atoms with van der Waals surface area (Å²) in [5.74, 6) is 1.19. The van der Waals surface area contributed by atoms with Gasteiger partial charge in [-0.15, -0.1) is 0 Å². The molecule has 1 unspecified atom stereocenters. The Balaban J connectivity index is 1.76. The molecule has 0 saturated carbocycles. The molecule has 2 heterocycles. The molecular weight excluding hydrogens is 270 g/mol. The molecule has 2 aliphatic rings. The second-order valence-electron chi connectivity index (χ2n) is 5.88. The lowest BCUT2D eigenvalue weighted by molar-refractivity contribution is -0.0232. The van der Waals surface area contributed by atoms with Gasteiger partial charge < -0.3 is 10.1 Å². The molecule has 0 bridgehead atoms. The van der Waals surface area contributed by atoms with Crippen LogP contribution in [-0.4, -0.2) is 61.3 Å². The van der Waals surface area contributed by atoms with Gasteiger partial charge in [0, 0.05) is 31.9 Å². The number of amidine groups is 1. The summed E-state index contributed by atoms with van der Waals surface area (Å²) in [5.41, 5.74) is 0.427. The first-order valence-electron chi connectivity index (χ1n) is 7.96. The topological polar surface area (TPSA) is 36.9 Å². The maximum atomic E-state index is 5.82. The number of ether oxygens (including phenoxy) is 1. The summed E-state index contributed by atoms with van der Waals surface area (Å²) in [6.07, 6.45) is 2.76. The Morgan fingerprint density at radius 1 is 1.40 bits per heavy atom. The van der Waals surface area contributed by atoms with Crippen LogP contribution in [-0.2, 0) is 4.74 Å². The molecule has 0 spiro atoms. The number of hydrogen-bond donors (Lipinski definition) is 1. The summed E-state index contributed by atoms with van der Waals surface area (Å²) < 4.78 is 5.82. The minimum Gasteiger partial charge on any atom is -0.374 e. The Morgan fingerprint density at radius 2 is 2.20 bits per heavy atom. The van der Waals surface area contributed by atoms with Gasteiger partial charge >= 0.3 is 0 Å². The van der Waals surface area contributed by atoms with E-state index < -0.39 is 0 Å². The van der Waals surface area contributed by atoms with E-state index in [-0.39, 0.29) is 0 Å². The van der Waals surface area contributed by atoms with E-state index in [1.165, 1.54) is 18.6 Å². The minimum atomic E-state index is 0.302. The largest absolute Gasteiger partial charge is 0.374 e. The second kappa shape index (κ2) is 7.66. The third-order valence-corrected chi connectivity index (χ3v) is 6.03. The Kier molecular flexibility index (Phi) is 6.18. The first-order chi connectivity index (χ1) is 9.71. The maximum Gasteiger partial charge on any atom is 0.156 e. The number of morpholine rings is 1. The monoisotopic (exact) mass is 299 g/mol. The molecule has 0 aromatic rings. The molecule has 0 aliphatic carbocycles. The van der Waals surface area contributed by atoms with Crippen LogP contribution in [0.4, 0.5) is 0 Å². The van der Waals surface area contributed by atoms with E-state index in [4.69, 9.17) is 9.73 Å². The first-order valence-corrected chi connectivity index (χ1v) is 8.95. The Hall–Kier alpha value is -0.260. The quantitative estimate of drug-likeness (QED) is 0.844. The average molecular weight is 299 g/mol. The van der Waals surface area contributed by atoms with Gasteiger partial charge in [0.05, 0.1) is 12.7 Å². The van der Waals surface area contributed by atoms with Crippen LogP contribution in [0.25, 0.3) is 0 Å². The van der Waals surface area contributed by atoms with Crippen molar-refractivity contribution >= 4 is 16.9 Å². The zero-order valence-corrected chi connectivity index (χ0v) is 14.0. The highest BCUT2D eigenvalue weighted by Gasteiger charge is 2.30. The number of nitrogens with one attached hydrogen (secondary N) is 1. The lowest BCUT2D eigenvalue weighted by atomic mass is 9.84. The van der Waals surface area contributed by atoms with Gasteiger partial charge in [0.15, 0.2) is 5.17 Å². The van der Waals surface area contributed by atoms with Crippen LogP contribution in [0.15, 0.2) is 4.99 Å². The molecule has 1 saturated heterocycles. The number of rotatable bonds is 5. The first kappa shape index (κ1) is 16.1. The van der Waals surface area contributed by atoms with Gasteiger partial charge in [-0.3, -0.25) is 9.89 Å². The molecule has 5 heteroatoms. The van der Waals surface area contributed by atoms with Crippen LogP contribution in [0.3, 0.4) is 0 Å². The Labute approximate surface area is 127 Å². The van der Waals surface area contributed by atoms with Crippen LogP contribution in [0.1, 0.15) is 33.6 Å². The predicted molar refractivity (Wildman–Crippen MR) is 87.6 cm³/mol. The van der Waals surface area contributed by atoms with Gasteiger partial charge in [0.1, 0.15) is 0 Å². The van der Waals surface area contributed by atoms with Crippen LogP contribution in [0.2, 0.25) is 0 Å². The SMILES string of the molecule is CCN1CCOC(CNC2=NCC(CC)(CC)CS2)C1. The van der Waals surface area contributed by atoms with Crippen molar-refractivity contribution in [3.05, 3.63) is 0 Å². The van der Waals surface area contributed by atoms with Gasteiger partial charge in [0.25, 0.3) is 0 Å². The maximum absolute atomic E-state index is 5.82. The summed E-state index contributed by atoms with van der Waals surface area (Å²) in [6, 6.07) is 0. The van der Waals surface area contributed by atoms with E-state index in [0.29, 0.717) is 11.5 Å². The molecule has 20 heavy (non-hydrogen) atoms. The van der Waals surface area contributed by atoms with Crippen molar-refractivity contribution in [3.8, 4) is 0 Å². The molecule has 2 rings (SSSR count). The van der Waals surface area contributed by atoms with Gasteiger partial charge in [-0.2, -0.15) is 0 Å². The van der Waals surface area contributed by atoms with Crippen molar-refractivity contribution in [2.45, 2.75) is 39.7 Å². The molecule has 0 aromatic carbocycles. The van der Waals surface area contributed by atoms with E-state index >= 15 is 0 Å². The van der Waals surface area contributed by atoms with Gasteiger partial charge in [-0.25, -0.2) is 0 Å². The Bertz CT molecular complexity index is 331. The van der Waals surface area contributed by atoms with Crippen LogP contribution >= 0.6 is 11.8 Å². The fraction of sp³-hybridized carbons (Fsp3) is 0.933. The molecule has 1 fully saturated rings. The molecule has 4 nitrogen and oxygen atoms in total. The van der Waals surface area contributed by atoms with Crippen LogP contribution in [0.5, 0.6) is 0 Å². The summed E-state index contributed by atoms with van der Waals surface area (Å²) in [7, 11) is 0. The molecule has 116 valence electrons. The van der Waals surface area contributed by atoms with Crippen molar-refractivity contribution in [1.29, 1.82) is 0 Å². The van der Waals surface area contributed by atoms with E-state index in [1.54, 1.807) is 0 Å². The number of hydrogen-bond acceptors (Lipinski definition) is 5. The number of likely N-dealkylation sites (N-methyl/N-ethyl adjacent to an activating group) is 1. The normalized spacial score (nSPS) is 27.1. The summed E-state index contributed by atoms with van der Waals surface area (Å²) in [6.45, 7) is 12.7. The van der Waals surface area contributed by atoms with Crippen molar-refractivity contribution < 1.29 is 4.74 Å². The fourth-order valence-corrected chi connectivity index (χ4v) is 4.01. The summed E-state index contributed by atoms with van der Waals surface area (Å²) in [5, 5.41) is 4.59. The lowest BCUT2D eigenvalue weighted by Crippen LogP contribution is -2.47. The van der Waals surface area contributed by atoms with E-state index in [1.807, 2.05) is 11.8 Å². The highest BCUT2D eigenvalue weighted by atomic mass is 32.2. The third kappa shape index (κ3) is 4.12. The number of aliphatic imine (C=N–C) groups is 1. The van der Waals surface area contributed by atoms with Gasteiger partial charge in [0.2, 0.25) is 0 Å². The lowest BCUT2D eigenvalue weighted by Gasteiger charge is -2.35. The van der Waals surface area contributed by atoms with Crippen molar-refractivity contribution in [1.82, 2.24) is 10.2 Å². The molecule has 1 N–H and O–H groups in total. The van der Waals surface area contributed by atoms with E-state index in [2.05, 4.69) is 31.0 Å². The number of nitrogens with zero attached hydrogens (tertiary/aromatic N) is 2. The molecule has 0 radical (unpaired) electrons. The van der Waals surface area contributed by atoms with Crippen molar-refractivity contribution in [3.63, 3.8) is 0 Å². The number of thioether (sulfide) groups is 1. The van der Waals surface area contributed by atoms with Gasteiger partial charge in [-0.1, -0.05) is 32.5 Å².